The van der Waals surface area contributed by atoms with Crippen molar-refractivity contribution in [3.63, 3.8) is 0 Å². The Balaban J connectivity index is 2.01. The van der Waals surface area contributed by atoms with Gasteiger partial charge in [0.2, 0.25) is 0 Å². The molecule has 0 spiro atoms. The maximum absolute atomic E-state index is 12.1. The van der Waals surface area contributed by atoms with Gasteiger partial charge >= 0.3 is 0 Å². The van der Waals surface area contributed by atoms with Crippen LogP contribution in [0.2, 0.25) is 0 Å². The highest BCUT2D eigenvalue weighted by Gasteiger charge is 2.11. The Morgan fingerprint density at radius 2 is 1.85 bits per heavy atom. The third kappa shape index (κ3) is 5.77. The van der Waals surface area contributed by atoms with Crippen LogP contribution in [0.1, 0.15) is 31.7 Å². The highest BCUT2D eigenvalue weighted by atomic mass is 32.2. The lowest BCUT2D eigenvalue weighted by molar-refractivity contribution is 0.286. The number of sulfonamides is 1. The predicted octanol–water partition coefficient (Wildman–Crippen LogP) is 3.58. The number of benzene rings is 2. The summed E-state index contributed by atoms with van der Waals surface area (Å²) in [5, 5.41) is 3.82. The standard InChI is InChI=1S/C19H24N2O4S/c1-3-4-8-13-25-18-12-11-16(14-19(18)24-2)15-20-21-26(22,23)17-9-6-5-7-10-17/h5-7,9-12,14-15,21H,3-4,8,13H2,1-2H3/b20-15+. The smallest absolute Gasteiger partial charge is 0.276 e. The fourth-order valence-corrected chi connectivity index (χ4v) is 3.05. The molecule has 0 radical (unpaired) electrons. The summed E-state index contributed by atoms with van der Waals surface area (Å²) in [4.78, 5) is 2.35. The highest BCUT2D eigenvalue weighted by molar-refractivity contribution is 7.89. The van der Waals surface area contributed by atoms with Crippen molar-refractivity contribution in [2.75, 3.05) is 13.7 Å². The van der Waals surface area contributed by atoms with Crippen LogP contribution in [0.5, 0.6) is 11.5 Å². The third-order valence-electron chi connectivity index (χ3n) is 3.63. The molecule has 0 bridgehead atoms. The lowest BCUT2D eigenvalue weighted by Crippen LogP contribution is -2.18. The average Bonchev–Trinajstić information content (AvgIpc) is 2.66. The summed E-state index contributed by atoms with van der Waals surface area (Å²) in [5.41, 5.74) is 0.693. The second-order valence-corrected chi connectivity index (χ2v) is 7.29. The number of methoxy groups -OCH3 is 1. The van der Waals surface area contributed by atoms with Crippen LogP contribution in [-0.2, 0) is 10.0 Å². The van der Waals surface area contributed by atoms with E-state index in [0.29, 0.717) is 23.7 Å². The van der Waals surface area contributed by atoms with Crippen molar-refractivity contribution >= 4 is 16.2 Å². The topological polar surface area (TPSA) is 77.0 Å². The second-order valence-electron chi connectivity index (χ2n) is 5.63. The molecule has 0 aliphatic carbocycles. The third-order valence-corrected chi connectivity index (χ3v) is 4.87. The Bertz CT molecular complexity index is 821. The molecule has 0 saturated carbocycles. The van der Waals surface area contributed by atoms with E-state index in [2.05, 4.69) is 16.9 Å². The summed E-state index contributed by atoms with van der Waals surface area (Å²) in [7, 11) is -2.11. The summed E-state index contributed by atoms with van der Waals surface area (Å²) >= 11 is 0. The maximum Gasteiger partial charge on any atom is 0.276 e. The van der Waals surface area contributed by atoms with E-state index < -0.39 is 10.0 Å². The van der Waals surface area contributed by atoms with Crippen LogP contribution < -0.4 is 14.3 Å². The molecule has 7 heteroatoms. The quantitative estimate of drug-likeness (QED) is 0.391. The summed E-state index contributed by atoms with van der Waals surface area (Å²) in [5.74, 6) is 1.24. The molecule has 0 saturated heterocycles. The minimum atomic E-state index is -3.68. The van der Waals surface area contributed by atoms with Crippen LogP contribution >= 0.6 is 0 Å². The lowest BCUT2D eigenvalue weighted by Gasteiger charge is -2.11. The van der Waals surface area contributed by atoms with E-state index in [9.17, 15) is 8.42 Å². The number of rotatable bonds is 10. The van der Waals surface area contributed by atoms with Gasteiger partial charge in [-0.25, -0.2) is 4.83 Å². The molecule has 6 nitrogen and oxygen atoms in total. The van der Waals surface area contributed by atoms with Crippen molar-refractivity contribution < 1.29 is 17.9 Å². The van der Waals surface area contributed by atoms with E-state index in [-0.39, 0.29) is 4.90 Å². The zero-order chi connectivity index (χ0) is 18.8. The number of hydrogen-bond donors (Lipinski definition) is 1. The van der Waals surface area contributed by atoms with E-state index in [0.717, 1.165) is 19.3 Å². The van der Waals surface area contributed by atoms with Gasteiger partial charge in [-0.05, 0) is 42.3 Å². The van der Waals surface area contributed by atoms with Gasteiger partial charge in [0, 0.05) is 0 Å². The van der Waals surface area contributed by atoms with Crippen molar-refractivity contribution in [3.8, 4) is 11.5 Å². The number of hydrogen-bond acceptors (Lipinski definition) is 5. The molecule has 0 amide bonds. The van der Waals surface area contributed by atoms with Gasteiger partial charge < -0.3 is 9.47 Å². The van der Waals surface area contributed by atoms with Crippen molar-refractivity contribution in [2.24, 2.45) is 5.10 Å². The van der Waals surface area contributed by atoms with Crippen LogP contribution in [0, 0.1) is 0 Å². The average molecular weight is 376 g/mol. The van der Waals surface area contributed by atoms with E-state index in [1.54, 1.807) is 43.5 Å². The molecule has 0 heterocycles. The summed E-state index contributed by atoms with van der Waals surface area (Å²) in [6.45, 7) is 2.77. The molecule has 0 aliphatic heterocycles. The monoisotopic (exact) mass is 376 g/mol. The van der Waals surface area contributed by atoms with Crippen LogP contribution in [0.25, 0.3) is 0 Å². The van der Waals surface area contributed by atoms with Crippen molar-refractivity contribution in [3.05, 3.63) is 54.1 Å². The van der Waals surface area contributed by atoms with Gasteiger partial charge in [0.25, 0.3) is 10.0 Å². The van der Waals surface area contributed by atoms with Gasteiger partial charge in [0.1, 0.15) is 0 Å². The molecule has 2 rings (SSSR count). The van der Waals surface area contributed by atoms with E-state index in [1.165, 1.54) is 18.3 Å². The van der Waals surface area contributed by atoms with E-state index in [1.807, 2.05) is 0 Å². The van der Waals surface area contributed by atoms with E-state index in [4.69, 9.17) is 9.47 Å². The Labute approximate surface area is 154 Å². The van der Waals surface area contributed by atoms with Crippen LogP contribution in [-0.4, -0.2) is 28.3 Å². The van der Waals surface area contributed by atoms with Crippen LogP contribution in [0.4, 0.5) is 0 Å². The van der Waals surface area contributed by atoms with Crippen molar-refractivity contribution in [1.82, 2.24) is 4.83 Å². The summed E-state index contributed by atoms with van der Waals surface area (Å²) in [6.07, 6.45) is 4.66. The van der Waals surface area contributed by atoms with Gasteiger partial charge in [-0.1, -0.05) is 38.0 Å². The van der Waals surface area contributed by atoms with Gasteiger partial charge in [0.15, 0.2) is 11.5 Å². The first kappa shape index (κ1) is 19.8. The minimum Gasteiger partial charge on any atom is -0.493 e. The van der Waals surface area contributed by atoms with Gasteiger partial charge in [-0.2, -0.15) is 13.5 Å². The number of ether oxygens (including phenoxy) is 2. The Morgan fingerprint density at radius 3 is 2.54 bits per heavy atom. The number of unbranched alkanes of at least 4 members (excludes halogenated alkanes) is 2. The molecule has 0 atom stereocenters. The molecule has 0 unspecified atom stereocenters. The summed E-state index contributed by atoms with van der Waals surface area (Å²) in [6, 6.07) is 13.4. The lowest BCUT2D eigenvalue weighted by atomic mass is 10.2. The zero-order valence-corrected chi connectivity index (χ0v) is 15.8. The Kier molecular flexibility index (Phi) is 7.47. The predicted molar refractivity (Wildman–Crippen MR) is 102 cm³/mol. The SMILES string of the molecule is CCCCCOc1ccc(/C=N/NS(=O)(=O)c2ccccc2)cc1OC. The molecule has 26 heavy (non-hydrogen) atoms. The first-order chi connectivity index (χ1) is 12.6. The van der Waals surface area contributed by atoms with Gasteiger partial charge in [0.05, 0.1) is 24.8 Å². The van der Waals surface area contributed by atoms with Gasteiger partial charge in [-0.15, -0.1) is 0 Å². The Morgan fingerprint density at radius 1 is 1.08 bits per heavy atom. The highest BCUT2D eigenvalue weighted by Crippen LogP contribution is 2.27. The molecule has 0 aromatic heterocycles. The molecule has 1 N–H and O–H groups in total. The van der Waals surface area contributed by atoms with Crippen molar-refractivity contribution in [1.29, 1.82) is 0 Å². The molecule has 0 aliphatic rings. The second kappa shape index (κ2) is 9.82. The first-order valence-electron chi connectivity index (χ1n) is 8.47. The van der Waals surface area contributed by atoms with Crippen LogP contribution in [0.3, 0.4) is 0 Å². The molecular weight excluding hydrogens is 352 g/mol. The molecule has 140 valence electrons. The Hall–Kier alpha value is -2.54. The number of nitrogens with zero attached hydrogens (tertiary/aromatic N) is 1. The molecule has 2 aromatic carbocycles. The van der Waals surface area contributed by atoms with E-state index >= 15 is 0 Å². The fraction of sp³-hybridized carbons (Fsp3) is 0.316. The van der Waals surface area contributed by atoms with Gasteiger partial charge in [-0.3, -0.25) is 0 Å². The van der Waals surface area contributed by atoms with Crippen LogP contribution in [0.15, 0.2) is 58.5 Å². The molecule has 2 aromatic rings. The fourth-order valence-electron chi connectivity index (χ4n) is 2.24. The number of hydrazone groups is 1. The molecular formula is C19H24N2O4S. The minimum absolute atomic E-state index is 0.158. The largest absolute Gasteiger partial charge is 0.493 e. The first-order valence-corrected chi connectivity index (χ1v) is 9.96. The maximum atomic E-state index is 12.1. The number of nitrogens with one attached hydrogen (secondary N) is 1. The zero-order valence-electron chi connectivity index (χ0n) is 15.0. The normalized spacial score (nSPS) is 11.5. The molecule has 0 fully saturated rings. The summed E-state index contributed by atoms with van der Waals surface area (Å²) < 4.78 is 35.3. The van der Waals surface area contributed by atoms with Crippen molar-refractivity contribution in [2.45, 2.75) is 31.1 Å².